The monoisotopic (exact) mass is 643 g/mol. The molecule has 0 radical (unpaired) electrons. The van der Waals surface area contributed by atoms with Crippen LogP contribution in [0, 0.1) is 5.82 Å². The van der Waals surface area contributed by atoms with Gasteiger partial charge in [0.1, 0.15) is 17.6 Å². The maximum atomic E-state index is 14.0. The van der Waals surface area contributed by atoms with Gasteiger partial charge >= 0.3 is 0 Å². The lowest BCUT2D eigenvalue weighted by atomic mass is 10.0. The molecule has 1 saturated heterocycles. The van der Waals surface area contributed by atoms with E-state index in [4.69, 9.17) is 4.74 Å². The lowest BCUT2D eigenvalue weighted by Crippen LogP contribution is -2.43. The highest BCUT2D eigenvalue weighted by Gasteiger charge is 2.32. The number of rotatable bonds is 13. The number of ether oxygens (including phenoxy) is 1. The molecular formula is C36H38FN3O5S. The van der Waals surface area contributed by atoms with Crippen LogP contribution < -0.4 is 10.1 Å². The van der Waals surface area contributed by atoms with Crippen molar-refractivity contribution in [3.63, 3.8) is 0 Å². The van der Waals surface area contributed by atoms with Crippen molar-refractivity contribution in [1.82, 2.24) is 14.5 Å². The number of benzene rings is 4. The Kier molecular flexibility index (Phi) is 10.8. The van der Waals surface area contributed by atoms with Crippen molar-refractivity contribution in [2.75, 3.05) is 20.2 Å². The molecule has 1 aliphatic rings. The van der Waals surface area contributed by atoms with Gasteiger partial charge in [0.25, 0.3) is 0 Å². The summed E-state index contributed by atoms with van der Waals surface area (Å²) in [7, 11) is -1.97. The largest absolute Gasteiger partial charge is 0.496 e. The Morgan fingerprint density at radius 1 is 0.870 bits per heavy atom. The van der Waals surface area contributed by atoms with Gasteiger partial charge in [-0.05, 0) is 66.3 Å². The van der Waals surface area contributed by atoms with Crippen LogP contribution in [0.1, 0.15) is 47.6 Å². The molecule has 2 amide bonds. The number of hydrogen-bond acceptors (Lipinski definition) is 5. The summed E-state index contributed by atoms with van der Waals surface area (Å²) in [5.41, 5.74) is 2.89. The zero-order chi connectivity index (χ0) is 32.5. The summed E-state index contributed by atoms with van der Waals surface area (Å²) in [6, 6.07) is 28.0. The molecule has 0 saturated carbocycles. The highest BCUT2D eigenvalue weighted by atomic mass is 32.2. The summed E-state index contributed by atoms with van der Waals surface area (Å²) in [5, 5.41) is 2.99. The van der Waals surface area contributed by atoms with E-state index >= 15 is 0 Å². The number of halogens is 1. The molecule has 46 heavy (non-hydrogen) atoms. The molecule has 1 fully saturated rings. The van der Waals surface area contributed by atoms with E-state index < -0.39 is 21.9 Å². The first-order valence-corrected chi connectivity index (χ1v) is 16.8. The lowest BCUT2D eigenvalue weighted by molar-refractivity contribution is -0.141. The van der Waals surface area contributed by atoms with Crippen LogP contribution in [0.15, 0.2) is 108 Å². The summed E-state index contributed by atoms with van der Waals surface area (Å²) < 4.78 is 46.6. The molecule has 240 valence electrons. The van der Waals surface area contributed by atoms with Crippen molar-refractivity contribution in [3.05, 3.63) is 131 Å². The van der Waals surface area contributed by atoms with Gasteiger partial charge in [0.15, 0.2) is 0 Å². The van der Waals surface area contributed by atoms with Gasteiger partial charge in [0.2, 0.25) is 21.8 Å². The number of carbonyl (C=O) groups is 2. The predicted octanol–water partition coefficient (Wildman–Crippen LogP) is 5.64. The summed E-state index contributed by atoms with van der Waals surface area (Å²) in [6.07, 6.45) is 2.13. The van der Waals surface area contributed by atoms with E-state index in [9.17, 15) is 22.4 Å². The fourth-order valence-electron chi connectivity index (χ4n) is 5.65. The molecule has 0 bridgehead atoms. The first-order valence-electron chi connectivity index (χ1n) is 15.3. The fourth-order valence-corrected chi connectivity index (χ4v) is 7.16. The third-order valence-corrected chi connectivity index (χ3v) is 10.1. The van der Waals surface area contributed by atoms with Gasteiger partial charge in [-0.2, -0.15) is 4.31 Å². The van der Waals surface area contributed by atoms with Crippen LogP contribution in [-0.2, 0) is 39.1 Å². The number of aryl methyl sites for hydroxylation is 1. The molecule has 1 unspecified atom stereocenters. The van der Waals surface area contributed by atoms with Gasteiger partial charge in [0.05, 0.1) is 12.0 Å². The van der Waals surface area contributed by atoms with Gasteiger partial charge in [0, 0.05) is 38.2 Å². The molecule has 4 aromatic carbocycles. The van der Waals surface area contributed by atoms with E-state index in [1.54, 1.807) is 55.6 Å². The predicted molar refractivity (Wildman–Crippen MR) is 174 cm³/mol. The zero-order valence-electron chi connectivity index (χ0n) is 25.8. The zero-order valence-corrected chi connectivity index (χ0v) is 26.6. The molecule has 1 heterocycles. The Morgan fingerprint density at radius 3 is 2.17 bits per heavy atom. The average molecular weight is 644 g/mol. The number of para-hydroxylation sites is 1. The second kappa shape index (κ2) is 15.2. The number of carbonyl (C=O) groups excluding carboxylic acids is 2. The molecule has 10 heteroatoms. The van der Waals surface area contributed by atoms with Crippen LogP contribution in [0.25, 0.3) is 0 Å². The van der Waals surface area contributed by atoms with Gasteiger partial charge < -0.3 is 15.0 Å². The second-order valence-corrected chi connectivity index (χ2v) is 13.2. The third-order valence-electron chi connectivity index (χ3n) is 8.16. The van der Waals surface area contributed by atoms with Gasteiger partial charge in [-0.3, -0.25) is 9.59 Å². The van der Waals surface area contributed by atoms with Gasteiger partial charge in [-0.1, -0.05) is 72.8 Å². The van der Waals surface area contributed by atoms with E-state index in [0.717, 1.165) is 24.0 Å². The molecular weight excluding hydrogens is 605 g/mol. The minimum absolute atomic E-state index is 0.0720. The Hall–Kier alpha value is -4.54. The Balaban J connectivity index is 1.38. The van der Waals surface area contributed by atoms with E-state index in [0.29, 0.717) is 36.4 Å². The van der Waals surface area contributed by atoms with Crippen LogP contribution in [0.4, 0.5) is 4.39 Å². The molecule has 0 spiro atoms. The van der Waals surface area contributed by atoms with Crippen molar-refractivity contribution >= 4 is 21.8 Å². The van der Waals surface area contributed by atoms with Crippen molar-refractivity contribution < 1.29 is 27.1 Å². The Labute approximate surface area is 269 Å². The van der Waals surface area contributed by atoms with E-state index in [1.807, 2.05) is 42.5 Å². The number of nitrogens with one attached hydrogen (secondary N) is 1. The third kappa shape index (κ3) is 7.99. The van der Waals surface area contributed by atoms with Crippen LogP contribution in [0.3, 0.4) is 0 Å². The minimum atomic E-state index is -3.54. The summed E-state index contributed by atoms with van der Waals surface area (Å²) in [4.78, 5) is 29.7. The van der Waals surface area contributed by atoms with Gasteiger partial charge in [-0.15, -0.1) is 0 Å². The van der Waals surface area contributed by atoms with E-state index in [-0.39, 0.29) is 36.2 Å². The Bertz CT molecular complexity index is 1730. The summed E-state index contributed by atoms with van der Waals surface area (Å²) in [6.45, 7) is 1.32. The fraction of sp³-hybridized carbons (Fsp3) is 0.278. The highest BCUT2D eigenvalue weighted by Crippen LogP contribution is 2.27. The molecule has 1 N–H and O–H groups in total. The maximum Gasteiger partial charge on any atom is 0.247 e. The number of sulfonamides is 1. The van der Waals surface area contributed by atoms with Crippen LogP contribution in [0.5, 0.6) is 5.75 Å². The normalized spacial score (nSPS) is 14.0. The number of methoxy groups -OCH3 is 1. The lowest BCUT2D eigenvalue weighted by Gasteiger charge is -2.32. The van der Waals surface area contributed by atoms with Crippen LogP contribution in [-0.4, -0.2) is 49.6 Å². The molecule has 1 atom stereocenters. The van der Waals surface area contributed by atoms with Crippen molar-refractivity contribution in [2.45, 2.75) is 49.7 Å². The van der Waals surface area contributed by atoms with E-state index in [2.05, 4.69) is 5.32 Å². The first kappa shape index (κ1) is 32.8. The molecule has 1 aliphatic heterocycles. The molecule has 4 aromatic rings. The quantitative estimate of drug-likeness (QED) is 0.204. The molecule has 0 aliphatic carbocycles. The first-order chi connectivity index (χ1) is 22.3. The van der Waals surface area contributed by atoms with Crippen LogP contribution in [0.2, 0.25) is 0 Å². The Morgan fingerprint density at radius 2 is 1.50 bits per heavy atom. The topological polar surface area (TPSA) is 96.0 Å². The number of nitrogens with zero attached hydrogens (tertiary/aromatic N) is 2. The van der Waals surface area contributed by atoms with Gasteiger partial charge in [-0.25, -0.2) is 12.8 Å². The number of amides is 2. The van der Waals surface area contributed by atoms with E-state index in [1.165, 1.54) is 21.3 Å². The second-order valence-electron chi connectivity index (χ2n) is 11.2. The highest BCUT2D eigenvalue weighted by molar-refractivity contribution is 7.89. The summed E-state index contributed by atoms with van der Waals surface area (Å²) >= 11 is 0. The molecule has 0 aromatic heterocycles. The summed E-state index contributed by atoms with van der Waals surface area (Å²) in [5.74, 6) is -0.410. The van der Waals surface area contributed by atoms with Crippen molar-refractivity contribution in [3.8, 4) is 5.75 Å². The number of hydrogen-bond donors (Lipinski definition) is 1. The molecule has 5 rings (SSSR count). The minimum Gasteiger partial charge on any atom is -0.496 e. The van der Waals surface area contributed by atoms with Crippen LogP contribution >= 0.6 is 0 Å². The van der Waals surface area contributed by atoms with Crippen molar-refractivity contribution in [2.24, 2.45) is 0 Å². The maximum absolute atomic E-state index is 14.0. The van der Waals surface area contributed by atoms with Crippen molar-refractivity contribution in [1.29, 1.82) is 0 Å². The molecule has 8 nitrogen and oxygen atoms in total. The standard InChI is InChI=1S/C36H38FN3O5S/c1-45-33-12-6-5-11-30(33)25-38-36(42)35(29-9-3-2-4-10-29)40(26-28-13-18-31(37)19-14-28)34(41)22-17-27-15-20-32(21-16-27)46(43,44)39-23-7-8-24-39/h2-6,9-16,18-21,35H,7-8,17,22-26H2,1H3,(H,38,42). The smallest absolute Gasteiger partial charge is 0.247 e. The SMILES string of the molecule is COc1ccccc1CNC(=O)C(c1ccccc1)N(Cc1ccc(F)cc1)C(=O)CCc1ccc(S(=O)(=O)N2CCCC2)cc1. The average Bonchev–Trinajstić information content (AvgIpc) is 3.64.